The van der Waals surface area contributed by atoms with Crippen molar-refractivity contribution in [3.8, 4) is 0 Å². The number of aromatic amines is 1. The third-order valence-electron chi connectivity index (χ3n) is 2.44. The number of rotatable bonds is 4. The van der Waals surface area contributed by atoms with Crippen molar-refractivity contribution in [2.24, 2.45) is 0 Å². The highest BCUT2D eigenvalue weighted by Crippen LogP contribution is 2.35. The third kappa shape index (κ3) is 3.50. The molecule has 2 aromatic rings. The van der Waals surface area contributed by atoms with Crippen LogP contribution in [0.1, 0.15) is 11.3 Å². The van der Waals surface area contributed by atoms with E-state index in [9.17, 15) is 14.2 Å². The van der Waals surface area contributed by atoms with Gasteiger partial charge in [-0.05, 0) is 6.92 Å². The fourth-order valence-corrected chi connectivity index (χ4v) is 2.10. The highest BCUT2D eigenvalue weighted by Gasteiger charge is 2.15. The molecular weight excluding hydrogens is 289 g/mol. The average Bonchev–Trinajstić information content (AvgIpc) is 2.71. The lowest BCUT2D eigenvalue weighted by Crippen LogP contribution is -2.31. The highest BCUT2D eigenvalue weighted by molar-refractivity contribution is 7.50. The van der Waals surface area contributed by atoms with Gasteiger partial charge < -0.3 is 9.79 Å². The minimum atomic E-state index is -4.24. The Balaban J connectivity index is 2.23. The number of aromatic nitrogens is 5. The molecule has 2 aromatic heterocycles. The first-order valence-corrected chi connectivity index (χ1v) is 7.28. The predicted octanol–water partition coefficient (Wildman–Crippen LogP) is -1.38. The summed E-state index contributed by atoms with van der Waals surface area (Å²) in [5, 5.41) is 7.26. The molecule has 3 N–H and O–H groups in total. The molecular formula is C9H12N5O5P. The second kappa shape index (κ2) is 5.16. The van der Waals surface area contributed by atoms with E-state index >= 15 is 0 Å². The van der Waals surface area contributed by atoms with E-state index < -0.39 is 25.1 Å². The molecule has 0 radical (unpaired) electrons. The summed E-state index contributed by atoms with van der Waals surface area (Å²) >= 11 is 0. The maximum atomic E-state index is 11.6. The van der Waals surface area contributed by atoms with Gasteiger partial charge in [-0.3, -0.25) is 18.9 Å². The number of aryl methyl sites for hydroxylation is 1. The zero-order valence-electron chi connectivity index (χ0n) is 10.4. The smallest absolute Gasteiger partial charge is 0.323 e. The summed E-state index contributed by atoms with van der Waals surface area (Å²) < 4.78 is 13.0. The molecule has 108 valence electrons. The van der Waals surface area contributed by atoms with Crippen molar-refractivity contribution in [2.45, 2.75) is 19.8 Å². The Morgan fingerprint density at radius 3 is 2.70 bits per heavy atom. The van der Waals surface area contributed by atoms with Crippen LogP contribution in [0.15, 0.2) is 22.0 Å². The Labute approximate surface area is 111 Å². The van der Waals surface area contributed by atoms with Gasteiger partial charge in [0, 0.05) is 11.8 Å². The lowest BCUT2D eigenvalue weighted by atomic mass is 10.4. The van der Waals surface area contributed by atoms with Gasteiger partial charge in [0.25, 0.3) is 5.56 Å². The van der Waals surface area contributed by atoms with Gasteiger partial charge in [-0.15, -0.1) is 5.10 Å². The molecule has 10 nitrogen and oxygen atoms in total. The van der Waals surface area contributed by atoms with Crippen LogP contribution in [0.3, 0.4) is 0 Å². The molecule has 0 fully saturated rings. The van der Waals surface area contributed by atoms with Crippen LogP contribution in [0, 0.1) is 6.92 Å². The van der Waals surface area contributed by atoms with Crippen molar-refractivity contribution in [3.05, 3.63) is 44.5 Å². The van der Waals surface area contributed by atoms with E-state index in [4.69, 9.17) is 9.79 Å². The van der Waals surface area contributed by atoms with Crippen LogP contribution in [-0.4, -0.2) is 34.3 Å². The summed E-state index contributed by atoms with van der Waals surface area (Å²) in [7, 11) is -4.24. The molecule has 2 rings (SSSR count). The molecule has 0 spiro atoms. The number of nitrogens with one attached hydrogen (secondary N) is 1. The summed E-state index contributed by atoms with van der Waals surface area (Å²) in [6, 6.07) is 0. The predicted molar refractivity (Wildman–Crippen MR) is 67.2 cm³/mol. The fourth-order valence-electron chi connectivity index (χ4n) is 1.58. The van der Waals surface area contributed by atoms with Crippen LogP contribution in [0.4, 0.5) is 0 Å². The van der Waals surface area contributed by atoms with Crippen molar-refractivity contribution in [1.82, 2.24) is 24.5 Å². The molecule has 0 aliphatic rings. The van der Waals surface area contributed by atoms with Crippen LogP contribution in [0.25, 0.3) is 0 Å². The van der Waals surface area contributed by atoms with Crippen LogP contribution in [0.5, 0.6) is 0 Å². The molecule has 0 amide bonds. The summed E-state index contributed by atoms with van der Waals surface area (Å²) in [6.45, 7) is 1.59. The molecule has 11 heteroatoms. The normalized spacial score (nSPS) is 11.8. The van der Waals surface area contributed by atoms with E-state index in [0.717, 1.165) is 4.68 Å². The minimum Gasteiger partial charge on any atom is -0.323 e. The number of hydrogen-bond donors (Lipinski definition) is 3. The zero-order chi connectivity index (χ0) is 14.9. The van der Waals surface area contributed by atoms with E-state index in [0.29, 0.717) is 11.3 Å². The Hall–Kier alpha value is -2.03. The average molecular weight is 301 g/mol. The Bertz CT molecular complexity index is 785. The maximum absolute atomic E-state index is 11.6. The molecule has 20 heavy (non-hydrogen) atoms. The van der Waals surface area contributed by atoms with E-state index in [1.54, 1.807) is 6.92 Å². The maximum Gasteiger partial charge on any atom is 0.346 e. The largest absolute Gasteiger partial charge is 0.346 e. The van der Waals surface area contributed by atoms with Crippen molar-refractivity contribution < 1.29 is 14.4 Å². The first kappa shape index (κ1) is 14.4. The fraction of sp³-hybridized carbons (Fsp3) is 0.333. The molecule has 0 atom stereocenters. The molecule has 0 bridgehead atoms. The van der Waals surface area contributed by atoms with Crippen molar-refractivity contribution in [1.29, 1.82) is 0 Å². The SMILES string of the molecule is Cc1cn(Cc2cn(CP(=O)(O)O)nn2)c(=O)[nH]c1=O. The van der Waals surface area contributed by atoms with Crippen molar-refractivity contribution in [2.75, 3.05) is 0 Å². The van der Waals surface area contributed by atoms with Gasteiger partial charge >= 0.3 is 13.3 Å². The first-order chi connectivity index (χ1) is 9.24. The molecule has 2 heterocycles. The highest BCUT2D eigenvalue weighted by atomic mass is 31.2. The van der Waals surface area contributed by atoms with Crippen LogP contribution in [-0.2, 0) is 17.4 Å². The Morgan fingerprint density at radius 2 is 2.05 bits per heavy atom. The van der Waals surface area contributed by atoms with Gasteiger partial charge in [0.1, 0.15) is 12.0 Å². The molecule has 0 aliphatic heterocycles. The van der Waals surface area contributed by atoms with E-state index in [1.165, 1.54) is 17.0 Å². The van der Waals surface area contributed by atoms with Crippen molar-refractivity contribution in [3.63, 3.8) is 0 Å². The van der Waals surface area contributed by atoms with E-state index in [-0.39, 0.29) is 6.54 Å². The van der Waals surface area contributed by atoms with Gasteiger partial charge in [0.2, 0.25) is 0 Å². The van der Waals surface area contributed by atoms with Gasteiger partial charge in [-0.2, -0.15) is 0 Å². The molecule has 0 saturated heterocycles. The second-order valence-corrected chi connectivity index (χ2v) is 5.87. The topological polar surface area (TPSA) is 143 Å². The summed E-state index contributed by atoms with van der Waals surface area (Å²) in [5.74, 6) is 0. The second-order valence-electron chi connectivity index (χ2n) is 4.25. The first-order valence-electron chi connectivity index (χ1n) is 5.48. The van der Waals surface area contributed by atoms with Gasteiger partial charge in [-0.1, -0.05) is 5.21 Å². The Morgan fingerprint density at radius 1 is 1.35 bits per heavy atom. The minimum absolute atomic E-state index is 0.0393. The number of nitrogens with zero attached hydrogens (tertiary/aromatic N) is 4. The number of hydrogen-bond acceptors (Lipinski definition) is 5. The van der Waals surface area contributed by atoms with Gasteiger partial charge in [0.15, 0.2) is 0 Å². The van der Waals surface area contributed by atoms with Crippen LogP contribution in [0.2, 0.25) is 0 Å². The zero-order valence-corrected chi connectivity index (χ0v) is 11.3. The molecule has 0 aliphatic carbocycles. The lowest BCUT2D eigenvalue weighted by Gasteiger charge is -2.03. The monoisotopic (exact) mass is 301 g/mol. The summed E-state index contributed by atoms with van der Waals surface area (Å²) in [6.07, 6.45) is 2.12. The Kier molecular flexibility index (Phi) is 3.71. The summed E-state index contributed by atoms with van der Waals surface area (Å²) in [5.41, 5.74) is -0.347. The van der Waals surface area contributed by atoms with Gasteiger partial charge in [-0.25, -0.2) is 9.48 Å². The van der Waals surface area contributed by atoms with E-state index in [1.807, 2.05) is 0 Å². The van der Waals surface area contributed by atoms with Crippen molar-refractivity contribution >= 4 is 7.60 Å². The molecule has 0 saturated carbocycles. The standard InChI is InChI=1S/C9H12N5O5P/c1-6-2-13(9(16)10-8(6)15)3-7-4-14(12-11-7)5-20(17,18)19/h2,4H,3,5H2,1H3,(H,10,15,16)(H2,17,18,19). The van der Waals surface area contributed by atoms with E-state index in [2.05, 4.69) is 15.3 Å². The van der Waals surface area contributed by atoms with Crippen LogP contribution < -0.4 is 11.2 Å². The van der Waals surface area contributed by atoms with Crippen LogP contribution >= 0.6 is 7.60 Å². The third-order valence-corrected chi connectivity index (χ3v) is 3.09. The molecule has 0 aromatic carbocycles. The quantitative estimate of drug-likeness (QED) is 0.590. The lowest BCUT2D eigenvalue weighted by molar-refractivity contribution is 0.358. The molecule has 0 unspecified atom stereocenters. The summed E-state index contributed by atoms with van der Waals surface area (Å²) in [4.78, 5) is 42.5. The number of H-pyrrole nitrogens is 1. The van der Waals surface area contributed by atoms with Gasteiger partial charge in [0.05, 0.1) is 12.7 Å².